The van der Waals surface area contributed by atoms with Crippen LogP contribution in [0.3, 0.4) is 0 Å². The molecule has 0 aliphatic heterocycles. The van der Waals surface area contributed by atoms with Gasteiger partial charge in [-0.15, -0.1) is 11.3 Å². The van der Waals surface area contributed by atoms with Gasteiger partial charge in [0, 0.05) is 17.0 Å². The molecule has 1 amide bonds. The average molecular weight is 359 g/mol. The third-order valence-corrected chi connectivity index (χ3v) is 5.68. The molecule has 0 unspecified atom stereocenters. The number of nitrogens with zero attached hydrogens (tertiary/aromatic N) is 1. The Labute approximate surface area is 152 Å². The summed E-state index contributed by atoms with van der Waals surface area (Å²) in [6.45, 7) is 5.18. The fourth-order valence-electron chi connectivity index (χ4n) is 3.08. The maximum absolute atomic E-state index is 11.2. The minimum atomic E-state index is -0.505. The highest BCUT2D eigenvalue weighted by molar-refractivity contribution is 7.13. The zero-order chi connectivity index (χ0) is 17.9. The Bertz CT molecular complexity index is 732. The number of rotatable bonds is 6. The SMILES string of the molecule is CC1(C)CCC(NCOc2cccc(-c3nc(C(N)=O)cs3)c2)CC1. The lowest BCUT2D eigenvalue weighted by Gasteiger charge is -2.34. The molecule has 1 heterocycles. The summed E-state index contributed by atoms with van der Waals surface area (Å²) in [6, 6.07) is 8.28. The lowest BCUT2D eigenvalue weighted by atomic mass is 9.76. The van der Waals surface area contributed by atoms with E-state index in [1.165, 1.54) is 37.0 Å². The Hall–Kier alpha value is -1.92. The van der Waals surface area contributed by atoms with Gasteiger partial charge in [0.25, 0.3) is 5.91 Å². The number of hydrogen-bond donors (Lipinski definition) is 2. The Balaban J connectivity index is 1.54. The summed E-state index contributed by atoms with van der Waals surface area (Å²) in [5.41, 5.74) is 6.96. The van der Waals surface area contributed by atoms with Crippen LogP contribution in [-0.4, -0.2) is 23.7 Å². The number of thiazole rings is 1. The van der Waals surface area contributed by atoms with Crippen molar-refractivity contribution in [2.45, 2.75) is 45.6 Å². The molecule has 1 fully saturated rings. The van der Waals surface area contributed by atoms with Gasteiger partial charge >= 0.3 is 0 Å². The maximum atomic E-state index is 11.2. The number of hydrogen-bond acceptors (Lipinski definition) is 5. The second-order valence-electron chi connectivity index (χ2n) is 7.36. The van der Waals surface area contributed by atoms with Crippen molar-refractivity contribution < 1.29 is 9.53 Å². The summed E-state index contributed by atoms with van der Waals surface area (Å²) in [4.78, 5) is 15.4. The van der Waals surface area contributed by atoms with Gasteiger partial charge < -0.3 is 10.5 Å². The third-order valence-electron chi connectivity index (χ3n) is 4.79. The molecule has 1 saturated carbocycles. The standard InChI is InChI=1S/C19H25N3O2S/c1-19(2)8-6-14(7-9-19)21-12-24-15-5-3-4-13(10-15)18-22-16(11-25-18)17(20)23/h3-5,10-11,14,21H,6-9,12H2,1-2H3,(H2,20,23). The smallest absolute Gasteiger partial charge is 0.268 e. The lowest BCUT2D eigenvalue weighted by Crippen LogP contribution is -2.37. The summed E-state index contributed by atoms with van der Waals surface area (Å²) in [5, 5.41) is 5.93. The van der Waals surface area contributed by atoms with Gasteiger partial charge in [-0.3, -0.25) is 10.1 Å². The molecule has 0 bridgehead atoms. The van der Waals surface area contributed by atoms with Gasteiger partial charge in [-0.25, -0.2) is 4.98 Å². The fourth-order valence-corrected chi connectivity index (χ4v) is 3.89. The van der Waals surface area contributed by atoms with E-state index < -0.39 is 5.91 Å². The molecule has 0 spiro atoms. The topological polar surface area (TPSA) is 77.2 Å². The van der Waals surface area contributed by atoms with E-state index >= 15 is 0 Å². The minimum absolute atomic E-state index is 0.299. The van der Waals surface area contributed by atoms with Crippen molar-refractivity contribution >= 4 is 17.2 Å². The number of carbonyl (C=O) groups excluding carboxylic acids is 1. The molecule has 2 aromatic rings. The maximum Gasteiger partial charge on any atom is 0.268 e. The van der Waals surface area contributed by atoms with Crippen LogP contribution in [0.4, 0.5) is 0 Å². The Kier molecular flexibility index (Phi) is 5.39. The van der Waals surface area contributed by atoms with E-state index in [-0.39, 0.29) is 0 Å². The predicted molar refractivity (Wildman–Crippen MR) is 101 cm³/mol. The highest BCUT2D eigenvalue weighted by Crippen LogP contribution is 2.35. The Morgan fingerprint density at radius 2 is 2.16 bits per heavy atom. The highest BCUT2D eigenvalue weighted by Gasteiger charge is 2.26. The van der Waals surface area contributed by atoms with Gasteiger partial charge in [-0.1, -0.05) is 26.0 Å². The van der Waals surface area contributed by atoms with Crippen molar-refractivity contribution in [3.8, 4) is 16.3 Å². The predicted octanol–water partition coefficient (Wildman–Crippen LogP) is 3.80. The lowest BCUT2D eigenvalue weighted by molar-refractivity contribution is 0.0996. The minimum Gasteiger partial charge on any atom is -0.478 e. The van der Waals surface area contributed by atoms with Crippen LogP contribution in [0, 0.1) is 5.41 Å². The van der Waals surface area contributed by atoms with E-state index in [4.69, 9.17) is 10.5 Å². The zero-order valence-electron chi connectivity index (χ0n) is 14.7. The van der Waals surface area contributed by atoms with Crippen LogP contribution >= 0.6 is 11.3 Å². The van der Waals surface area contributed by atoms with Crippen LogP contribution in [0.5, 0.6) is 5.75 Å². The monoisotopic (exact) mass is 359 g/mol. The van der Waals surface area contributed by atoms with Crippen molar-refractivity contribution in [3.05, 3.63) is 35.3 Å². The van der Waals surface area contributed by atoms with Crippen LogP contribution in [0.2, 0.25) is 0 Å². The number of nitrogens with two attached hydrogens (primary N) is 1. The summed E-state index contributed by atoms with van der Waals surface area (Å²) in [7, 11) is 0. The van der Waals surface area contributed by atoms with Crippen molar-refractivity contribution in [1.29, 1.82) is 0 Å². The van der Waals surface area contributed by atoms with Crippen LogP contribution < -0.4 is 15.8 Å². The van der Waals surface area contributed by atoms with Gasteiger partial charge in [0.15, 0.2) is 0 Å². The first kappa shape index (κ1) is 17.9. The van der Waals surface area contributed by atoms with Crippen LogP contribution in [-0.2, 0) is 0 Å². The quantitative estimate of drug-likeness (QED) is 0.769. The number of ether oxygens (including phenoxy) is 1. The number of amides is 1. The molecular formula is C19H25N3O2S. The number of nitrogens with one attached hydrogen (secondary N) is 1. The van der Waals surface area contributed by atoms with E-state index in [0.717, 1.165) is 16.3 Å². The fraction of sp³-hybridized carbons (Fsp3) is 0.474. The molecule has 134 valence electrons. The molecule has 5 nitrogen and oxygen atoms in total. The number of benzene rings is 1. The molecule has 0 saturated heterocycles. The first-order valence-corrected chi connectivity index (χ1v) is 9.53. The van der Waals surface area contributed by atoms with Crippen molar-refractivity contribution in [2.24, 2.45) is 11.1 Å². The van der Waals surface area contributed by atoms with E-state index in [0.29, 0.717) is 23.9 Å². The first-order valence-electron chi connectivity index (χ1n) is 8.65. The number of primary amides is 1. The normalized spacial score (nSPS) is 17.4. The first-order chi connectivity index (χ1) is 11.9. The molecule has 1 aromatic heterocycles. The second-order valence-corrected chi connectivity index (χ2v) is 8.22. The molecular weight excluding hydrogens is 334 g/mol. The van der Waals surface area contributed by atoms with Gasteiger partial charge in [-0.05, 0) is 43.2 Å². The molecule has 0 atom stereocenters. The summed E-state index contributed by atoms with van der Waals surface area (Å²) >= 11 is 1.40. The highest BCUT2D eigenvalue weighted by atomic mass is 32.1. The third kappa shape index (κ3) is 4.80. The van der Waals surface area contributed by atoms with E-state index in [9.17, 15) is 4.79 Å². The second kappa shape index (κ2) is 7.54. The number of aromatic nitrogens is 1. The van der Waals surface area contributed by atoms with Crippen LogP contribution in [0.1, 0.15) is 50.0 Å². The molecule has 0 radical (unpaired) electrons. The summed E-state index contributed by atoms with van der Waals surface area (Å²) in [5.74, 6) is 0.284. The molecule has 1 aliphatic rings. The molecule has 3 N–H and O–H groups in total. The molecule has 3 rings (SSSR count). The molecule has 1 aliphatic carbocycles. The molecule has 6 heteroatoms. The molecule has 25 heavy (non-hydrogen) atoms. The average Bonchev–Trinajstić information content (AvgIpc) is 3.07. The van der Waals surface area contributed by atoms with Gasteiger partial charge in [0.05, 0.1) is 0 Å². The van der Waals surface area contributed by atoms with E-state index in [1.54, 1.807) is 5.38 Å². The van der Waals surface area contributed by atoms with Gasteiger partial charge in [-0.2, -0.15) is 0 Å². The van der Waals surface area contributed by atoms with E-state index in [2.05, 4.69) is 24.1 Å². The number of carbonyl (C=O) groups is 1. The Morgan fingerprint density at radius 3 is 2.84 bits per heavy atom. The molecule has 1 aromatic carbocycles. The van der Waals surface area contributed by atoms with Gasteiger partial charge in [0.2, 0.25) is 0 Å². The largest absolute Gasteiger partial charge is 0.478 e. The zero-order valence-corrected chi connectivity index (χ0v) is 15.6. The Morgan fingerprint density at radius 1 is 1.40 bits per heavy atom. The summed E-state index contributed by atoms with van der Waals surface area (Å²) in [6.07, 6.45) is 4.91. The van der Waals surface area contributed by atoms with Crippen LogP contribution in [0.15, 0.2) is 29.6 Å². The van der Waals surface area contributed by atoms with Gasteiger partial charge in [0.1, 0.15) is 23.2 Å². The van der Waals surface area contributed by atoms with Crippen LogP contribution in [0.25, 0.3) is 10.6 Å². The summed E-state index contributed by atoms with van der Waals surface area (Å²) < 4.78 is 5.85. The van der Waals surface area contributed by atoms with Crippen molar-refractivity contribution in [1.82, 2.24) is 10.3 Å². The van der Waals surface area contributed by atoms with Crippen molar-refractivity contribution in [3.63, 3.8) is 0 Å². The van der Waals surface area contributed by atoms with Crippen molar-refractivity contribution in [2.75, 3.05) is 6.73 Å². The van der Waals surface area contributed by atoms with E-state index in [1.807, 2.05) is 24.3 Å².